The van der Waals surface area contributed by atoms with E-state index in [1.54, 1.807) is 12.1 Å². The van der Waals surface area contributed by atoms with E-state index in [4.69, 9.17) is 10.6 Å². The van der Waals surface area contributed by atoms with Gasteiger partial charge in [-0.25, -0.2) is 9.87 Å². The van der Waals surface area contributed by atoms with Gasteiger partial charge in [0.25, 0.3) is 5.91 Å². The highest BCUT2D eigenvalue weighted by molar-refractivity contribution is 6.09. The second-order valence-electron chi connectivity index (χ2n) is 6.93. The zero-order chi connectivity index (χ0) is 19.0. The largest absolute Gasteiger partial charge is 0.354 e. The summed E-state index contributed by atoms with van der Waals surface area (Å²) in [7, 11) is 0. The Morgan fingerprint density at radius 3 is 2.89 bits per heavy atom. The van der Waals surface area contributed by atoms with Crippen LogP contribution >= 0.6 is 0 Å². The van der Waals surface area contributed by atoms with E-state index < -0.39 is 0 Å². The topological polar surface area (TPSA) is 80.1 Å². The molecule has 1 aromatic heterocycles. The number of H-pyrrole nitrogens is 1. The molecule has 6 heteroatoms. The number of carbonyl (C=O) groups excluding carboxylic acids is 1. The Balaban J connectivity index is 1.82. The second kappa shape index (κ2) is 7.13. The predicted molar refractivity (Wildman–Crippen MR) is 103 cm³/mol. The first-order valence-electron chi connectivity index (χ1n) is 9.15. The zero-order valence-corrected chi connectivity index (χ0v) is 15.2. The van der Waals surface area contributed by atoms with Crippen LogP contribution in [0.5, 0.6) is 0 Å². The molecule has 140 valence electrons. The van der Waals surface area contributed by atoms with Crippen LogP contribution in [0.25, 0.3) is 22.2 Å². The average Bonchev–Trinajstić information content (AvgIpc) is 2.93. The van der Waals surface area contributed by atoms with Crippen LogP contribution in [-0.2, 0) is 17.9 Å². The van der Waals surface area contributed by atoms with Crippen LogP contribution in [0.3, 0.4) is 0 Å². The molecule has 0 aliphatic carbocycles. The molecule has 1 aliphatic heterocycles. The van der Waals surface area contributed by atoms with Crippen molar-refractivity contribution in [1.29, 1.82) is 0 Å². The summed E-state index contributed by atoms with van der Waals surface area (Å²) in [6, 6.07) is 9.04. The average molecular weight is 367 g/mol. The van der Waals surface area contributed by atoms with E-state index in [2.05, 4.69) is 10.5 Å². The van der Waals surface area contributed by atoms with Crippen LogP contribution in [0.4, 0.5) is 4.39 Å². The zero-order valence-electron chi connectivity index (χ0n) is 15.2. The number of nitrogens with two attached hydrogens (primary N) is 1. The number of nitrogens with one attached hydrogen (secondary N) is 2. The number of aryl methyl sites for hydroxylation is 1. The van der Waals surface area contributed by atoms with Crippen molar-refractivity contribution in [3.63, 3.8) is 0 Å². The van der Waals surface area contributed by atoms with E-state index >= 15 is 0 Å². The smallest absolute Gasteiger partial charge is 0.275 e. The van der Waals surface area contributed by atoms with Crippen molar-refractivity contribution in [1.82, 2.24) is 10.5 Å². The number of aromatic amines is 1. The molecule has 0 bridgehead atoms. The minimum Gasteiger partial charge on any atom is -0.354 e. The van der Waals surface area contributed by atoms with Crippen LogP contribution in [0.1, 0.15) is 39.9 Å². The maximum absolute atomic E-state index is 14.8. The number of halogens is 1. The van der Waals surface area contributed by atoms with Gasteiger partial charge in [-0.05, 0) is 68.1 Å². The summed E-state index contributed by atoms with van der Waals surface area (Å²) in [6.07, 6.45) is 2.44. The summed E-state index contributed by atoms with van der Waals surface area (Å²) in [5.41, 5.74) is 13.4. The van der Waals surface area contributed by atoms with Crippen molar-refractivity contribution >= 4 is 16.8 Å². The number of hydrogen-bond donors (Lipinski definition) is 3. The molecule has 0 saturated heterocycles. The fourth-order valence-electron chi connectivity index (χ4n) is 3.81. The molecule has 0 radical (unpaired) electrons. The van der Waals surface area contributed by atoms with Crippen molar-refractivity contribution in [2.75, 3.05) is 6.54 Å². The first-order valence-corrected chi connectivity index (χ1v) is 9.15. The van der Waals surface area contributed by atoms with Gasteiger partial charge in [-0.15, -0.1) is 0 Å². The summed E-state index contributed by atoms with van der Waals surface area (Å²) in [5, 5.41) is 0.826. The van der Waals surface area contributed by atoms with Crippen molar-refractivity contribution in [3.05, 3.63) is 58.4 Å². The minimum absolute atomic E-state index is 0.211. The molecule has 2 aromatic carbocycles. The molecule has 3 aromatic rings. The van der Waals surface area contributed by atoms with Crippen molar-refractivity contribution in [3.8, 4) is 11.3 Å². The fraction of sp³-hybridized carbons (Fsp3) is 0.286. The molecule has 0 atom stereocenters. The fourth-order valence-corrected chi connectivity index (χ4v) is 3.81. The predicted octanol–water partition coefficient (Wildman–Crippen LogP) is 3.74. The van der Waals surface area contributed by atoms with Gasteiger partial charge in [0, 0.05) is 22.0 Å². The number of aromatic nitrogens is 1. The van der Waals surface area contributed by atoms with Crippen LogP contribution < -0.4 is 11.2 Å². The molecule has 0 saturated carbocycles. The molecule has 0 fully saturated rings. The number of benzene rings is 2. The molecular formula is C21H22FN3O2. The number of amides is 1. The molecule has 4 rings (SSSR count). The van der Waals surface area contributed by atoms with Crippen LogP contribution in [0.15, 0.2) is 30.3 Å². The van der Waals surface area contributed by atoms with E-state index in [9.17, 15) is 9.18 Å². The monoisotopic (exact) mass is 367 g/mol. The normalized spacial score (nSPS) is 13.7. The van der Waals surface area contributed by atoms with Crippen molar-refractivity contribution < 1.29 is 14.0 Å². The quantitative estimate of drug-likeness (QED) is 0.601. The van der Waals surface area contributed by atoms with Gasteiger partial charge in [-0.3, -0.25) is 9.63 Å². The van der Waals surface area contributed by atoms with Gasteiger partial charge in [0.2, 0.25) is 0 Å². The van der Waals surface area contributed by atoms with Gasteiger partial charge in [-0.1, -0.05) is 6.07 Å². The van der Waals surface area contributed by atoms with Crippen LogP contribution in [-0.4, -0.2) is 17.4 Å². The van der Waals surface area contributed by atoms with E-state index in [0.29, 0.717) is 18.5 Å². The first-order chi connectivity index (χ1) is 13.1. The van der Waals surface area contributed by atoms with E-state index in [1.807, 2.05) is 25.1 Å². The molecule has 2 heterocycles. The second-order valence-corrected chi connectivity index (χ2v) is 6.93. The minimum atomic E-state index is -0.275. The number of hydrogen-bond acceptors (Lipinski definition) is 3. The molecule has 1 aliphatic rings. The lowest BCUT2D eigenvalue weighted by Gasteiger charge is -2.11. The van der Waals surface area contributed by atoms with Gasteiger partial charge < -0.3 is 10.7 Å². The first kappa shape index (κ1) is 17.7. The highest BCUT2D eigenvalue weighted by Crippen LogP contribution is 2.35. The number of hydroxylamine groups is 1. The highest BCUT2D eigenvalue weighted by Gasteiger charge is 2.23. The summed E-state index contributed by atoms with van der Waals surface area (Å²) in [4.78, 5) is 20.9. The third-order valence-electron chi connectivity index (χ3n) is 5.14. The highest BCUT2D eigenvalue weighted by atomic mass is 19.1. The standard InChI is InChI=1S/C21H22FN3O2/c1-12-9-13(10-17(22)14(12)5-2-3-8-23)20-16-11-27-25-21(26)15-6-4-7-18(24-20)19(15)16/h4,6-7,9-10,24H,2-3,5,8,11,23H2,1H3,(H,25,26). The summed E-state index contributed by atoms with van der Waals surface area (Å²) in [5.74, 6) is -0.487. The van der Waals surface area contributed by atoms with Gasteiger partial charge in [-0.2, -0.15) is 0 Å². The third-order valence-corrected chi connectivity index (χ3v) is 5.14. The van der Waals surface area contributed by atoms with Crippen LogP contribution in [0, 0.1) is 12.7 Å². The van der Waals surface area contributed by atoms with Crippen LogP contribution in [0.2, 0.25) is 0 Å². The van der Waals surface area contributed by atoms with Gasteiger partial charge in [0.05, 0.1) is 11.3 Å². The lowest BCUT2D eigenvalue weighted by Crippen LogP contribution is -2.21. The van der Waals surface area contributed by atoms with Crippen molar-refractivity contribution in [2.24, 2.45) is 5.73 Å². The number of rotatable bonds is 5. The number of carbonyl (C=O) groups is 1. The Morgan fingerprint density at radius 1 is 1.26 bits per heavy atom. The maximum atomic E-state index is 14.8. The number of unbranched alkanes of at least 4 members (excludes halogenated alkanes) is 1. The van der Waals surface area contributed by atoms with E-state index in [1.165, 1.54) is 0 Å². The molecule has 5 nitrogen and oxygen atoms in total. The molecule has 27 heavy (non-hydrogen) atoms. The molecule has 0 unspecified atom stereocenters. The van der Waals surface area contributed by atoms with E-state index in [-0.39, 0.29) is 18.3 Å². The SMILES string of the molecule is Cc1cc(-c2[nH]c3cccc4c3c2CONC4=O)cc(F)c1CCCCN. The molecule has 0 spiro atoms. The lowest BCUT2D eigenvalue weighted by molar-refractivity contribution is 0.0256. The van der Waals surface area contributed by atoms with Gasteiger partial charge in [0.1, 0.15) is 12.4 Å². The lowest BCUT2D eigenvalue weighted by atomic mass is 9.96. The molecule has 1 amide bonds. The summed E-state index contributed by atoms with van der Waals surface area (Å²) in [6.45, 7) is 2.76. The summed E-state index contributed by atoms with van der Waals surface area (Å²) >= 11 is 0. The molecule has 4 N–H and O–H groups in total. The molecular weight excluding hydrogens is 345 g/mol. The van der Waals surface area contributed by atoms with Crippen molar-refractivity contribution in [2.45, 2.75) is 32.8 Å². The van der Waals surface area contributed by atoms with Gasteiger partial charge >= 0.3 is 0 Å². The van der Waals surface area contributed by atoms with E-state index in [0.717, 1.165) is 51.7 Å². The Morgan fingerprint density at radius 2 is 2.11 bits per heavy atom. The Labute approximate surface area is 156 Å². The Kier molecular flexibility index (Phi) is 4.68. The Bertz CT molecular complexity index is 1000. The maximum Gasteiger partial charge on any atom is 0.275 e. The Hall–Kier alpha value is -2.70. The van der Waals surface area contributed by atoms with Gasteiger partial charge in [0.15, 0.2) is 0 Å². The summed E-state index contributed by atoms with van der Waals surface area (Å²) < 4.78 is 14.8. The third kappa shape index (κ3) is 3.11.